The predicted molar refractivity (Wildman–Crippen MR) is 172 cm³/mol. The Morgan fingerprint density at radius 1 is 1.16 bits per heavy atom. The van der Waals surface area contributed by atoms with Crippen LogP contribution in [0.5, 0.6) is 0 Å². The van der Waals surface area contributed by atoms with E-state index in [9.17, 15) is 22.7 Å². The standard InChI is InChI=1S/C33H46FN5O4S/c1-6-39(22(3)4)32(40)29-18-25(34)8-9-27(29)28-16-24(17-31-30(28)19-35-37(31)5)23-12-15-38(20-23)21-33(41)13-10-26(11-14-33)36-44(42,43)7-2/h8-9,16-19,22-23,26,36,41H,6-7,10-15,20-21H2,1-5H3/t23-,26?,33?/m0/s1. The summed E-state index contributed by atoms with van der Waals surface area (Å²) in [5.74, 6) is -0.372. The van der Waals surface area contributed by atoms with Gasteiger partial charge in [0.1, 0.15) is 5.82 Å². The highest BCUT2D eigenvalue weighted by Crippen LogP contribution is 2.39. The fourth-order valence-corrected chi connectivity index (χ4v) is 7.90. The number of β-amino-alcohol motifs (C(OH)–C–C–N with tert-alkyl or cyclic N) is 1. The van der Waals surface area contributed by atoms with Crippen molar-refractivity contribution in [2.24, 2.45) is 7.05 Å². The SMILES string of the molecule is CCN(C(=O)c1cc(F)ccc1-c1cc([C@H]2CCN(CC3(O)CCC(NS(=O)(=O)CC)CC3)C2)cc2c1cnn2C)C(C)C. The Morgan fingerprint density at radius 3 is 2.55 bits per heavy atom. The summed E-state index contributed by atoms with van der Waals surface area (Å²) >= 11 is 0. The maximum atomic E-state index is 14.6. The number of nitrogens with one attached hydrogen (secondary N) is 1. The van der Waals surface area contributed by atoms with Gasteiger partial charge in [-0.1, -0.05) is 6.07 Å². The highest BCUT2D eigenvalue weighted by molar-refractivity contribution is 7.89. The second-order valence-electron chi connectivity index (χ2n) is 12.9. The summed E-state index contributed by atoms with van der Waals surface area (Å²) < 4.78 is 43.2. The van der Waals surface area contributed by atoms with E-state index in [1.165, 1.54) is 12.1 Å². The van der Waals surface area contributed by atoms with Crippen molar-refractivity contribution in [3.8, 4) is 11.1 Å². The Morgan fingerprint density at radius 2 is 1.89 bits per heavy atom. The zero-order chi connectivity index (χ0) is 31.8. The molecule has 2 heterocycles. The zero-order valence-corrected chi connectivity index (χ0v) is 27.3. The summed E-state index contributed by atoms with van der Waals surface area (Å²) in [6.07, 6.45) is 5.09. The number of halogens is 1. The molecule has 2 fully saturated rings. The monoisotopic (exact) mass is 627 g/mol. The zero-order valence-electron chi connectivity index (χ0n) is 26.5. The summed E-state index contributed by atoms with van der Waals surface area (Å²) in [4.78, 5) is 17.7. The van der Waals surface area contributed by atoms with Gasteiger partial charge in [0.2, 0.25) is 10.0 Å². The van der Waals surface area contributed by atoms with Gasteiger partial charge in [-0.15, -0.1) is 0 Å². The Bertz CT molecular complexity index is 1610. The van der Waals surface area contributed by atoms with Crippen LogP contribution in [-0.4, -0.2) is 88.6 Å². The molecule has 0 radical (unpaired) electrons. The van der Waals surface area contributed by atoms with Gasteiger partial charge < -0.3 is 10.0 Å². The molecule has 2 aromatic carbocycles. The van der Waals surface area contributed by atoms with Crippen molar-refractivity contribution in [3.05, 3.63) is 53.5 Å². The van der Waals surface area contributed by atoms with Crippen molar-refractivity contribution in [3.63, 3.8) is 0 Å². The minimum atomic E-state index is -3.26. The number of hydrogen-bond acceptors (Lipinski definition) is 6. The molecule has 11 heteroatoms. The third-order valence-electron chi connectivity index (χ3n) is 9.52. The number of rotatable bonds is 10. The van der Waals surface area contributed by atoms with Crippen LogP contribution in [-0.2, 0) is 17.1 Å². The molecule has 240 valence electrons. The molecule has 1 saturated heterocycles. The molecule has 2 aliphatic rings. The summed E-state index contributed by atoms with van der Waals surface area (Å²) in [5, 5.41) is 16.8. The molecule has 1 saturated carbocycles. The maximum absolute atomic E-state index is 14.6. The molecule has 2 N–H and O–H groups in total. The molecular formula is C33H46FN5O4S. The first-order valence-electron chi connectivity index (χ1n) is 15.8. The number of benzene rings is 2. The minimum absolute atomic E-state index is 0.0247. The van der Waals surface area contributed by atoms with Crippen molar-refractivity contribution < 1.29 is 22.7 Å². The number of carbonyl (C=O) groups is 1. The summed E-state index contributed by atoms with van der Waals surface area (Å²) in [6.45, 7) is 10.2. The van der Waals surface area contributed by atoms with Gasteiger partial charge in [-0.3, -0.25) is 14.4 Å². The molecule has 1 aliphatic carbocycles. The van der Waals surface area contributed by atoms with Gasteiger partial charge in [-0.2, -0.15) is 5.10 Å². The third kappa shape index (κ3) is 6.85. The van der Waals surface area contributed by atoms with Crippen LogP contribution in [0.1, 0.15) is 81.6 Å². The largest absolute Gasteiger partial charge is 0.389 e. The molecule has 1 atom stereocenters. The van der Waals surface area contributed by atoms with E-state index in [1.54, 1.807) is 24.1 Å². The van der Waals surface area contributed by atoms with E-state index in [0.29, 0.717) is 49.9 Å². The number of aromatic nitrogens is 2. The molecular weight excluding hydrogens is 581 g/mol. The van der Waals surface area contributed by atoms with Gasteiger partial charge in [0.05, 0.1) is 28.6 Å². The van der Waals surface area contributed by atoms with Crippen LogP contribution in [0.3, 0.4) is 0 Å². The molecule has 1 aliphatic heterocycles. The Labute approximate surface area is 260 Å². The third-order valence-corrected chi connectivity index (χ3v) is 11.0. The van der Waals surface area contributed by atoms with E-state index in [1.807, 2.05) is 32.5 Å². The van der Waals surface area contributed by atoms with Crippen LogP contribution in [0.25, 0.3) is 22.0 Å². The molecule has 0 bridgehead atoms. The fourth-order valence-electron chi connectivity index (χ4n) is 6.99. The van der Waals surface area contributed by atoms with Crippen LogP contribution in [0.2, 0.25) is 0 Å². The predicted octanol–water partition coefficient (Wildman–Crippen LogP) is 4.65. The lowest BCUT2D eigenvalue weighted by atomic mass is 9.82. The minimum Gasteiger partial charge on any atom is -0.389 e. The van der Waals surface area contributed by atoms with Gasteiger partial charge in [0.25, 0.3) is 5.91 Å². The van der Waals surface area contributed by atoms with E-state index >= 15 is 0 Å². The number of nitrogens with zero attached hydrogens (tertiary/aromatic N) is 4. The van der Waals surface area contributed by atoms with Gasteiger partial charge in [-0.05, 0) is 113 Å². The van der Waals surface area contributed by atoms with Crippen LogP contribution < -0.4 is 4.72 Å². The quantitative estimate of drug-likeness (QED) is 0.339. The van der Waals surface area contributed by atoms with Crippen molar-refractivity contribution in [1.29, 1.82) is 0 Å². The van der Waals surface area contributed by atoms with Crippen LogP contribution in [0.15, 0.2) is 36.5 Å². The topological polar surface area (TPSA) is 108 Å². The molecule has 5 rings (SSSR count). The second-order valence-corrected chi connectivity index (χ2v) is 14.9. The molecule has 1 amide bonds. The Kier molecular flexibility index (Phi) is 9.51. The van der Waals surface area contributed by atoms with Gasteiger partial charge in [0.15, 0.2) is 0 Å². The van der Waals surface area contributed by atoms with Crippen LogP contribution >= 0.6 is 0 Å². The van der Waals surface area contributed by atoms with Crippen LogP contribution in [0, 0.1) is 5.82 Å². The Hall–Kier alpha value is -2.86. The summed E-state index contributed by atoms with van der Waals surface area (Å²) in [7, 11) is -1.36. The molecule has 1 aromatic heterocycles. The number of amides is 1. The number of fused-ring (bicyclic) bond motifs is 1. The van der Waals surface area contributed by atoms with Gasteiger partial charge >= 0.3 is 0 Å². The second kappa shape index (κ2) is 12.9. The molecule has 44 heavy (non-hydrogen) atoms. The van der Waals surface area contributed by atoms with E-state index in [2.05, 4.69) is 26.9 Å². The first kappa shape index (κ1) is 32.5. The first-order chi connectivity index (χ1) is 20.8. The number of hydrogen-bond donors (Lipinski definition) is 2. The molecule has 3 aromatic rings. The normalized spacial score (nSPS) is 23.1. The summed E-state index contributed by atoms with van der Waals surface area (Å²) in [5.41, 5.74) is 3.12. The van der Waals surface area contributed by atoms with E-state index in [-0.39, 0.29) is 29.7 Å². The number of sulfonamides is 1. The lowest BCUT2D eigenvalue weighted by molar-refractivity contribution is -0.0262. The van der Waals surface area contributed by atoms with Crippen molar-refractivity contribution in [2.75, 3.05) is 31.9 Å². The lowest BCUT2D eigenvalue weighted by Crippen LogP contribution is -2.49. The maximum Gasteiger partial charge on any atom is 0.254 e. The molecule has 0 spiro atoms. The van der Waals surface area contributed by atoms with Gasteiger partial charge in [-0.25, -0.2) is 17.5 Å². The van der Waals surface area contributed by atoms with E-state index in [4.69, 9.17) is 0 Å². The number of likely N-dealkylation sites (tertiary alicyclic amines) is 1. The number of aliphatic hydroxyl groups is 1. The van der Waals surface area contributed by atoms with Gasteiger partial charge in [0, 0.05) is 44.2 Å². The number of carbonyl (C=O) groups excluding carboxylic acids is 1. The lowest BCUT2D eigenvalue weighted by Gasteiger charge is -2.38. The fraction of sp³-hybridized carbons (Fsp3) is 0.576. The van der Waals surface area contributed by atoms with Crippen molar-refractivity contribution in [2.45, 2.75) is 83.4 Å². The summed E-state index contributed by atoms with van der Waals surface area (Å²) in [6, 6.07) is 8.61. The van der Waals surface area contributed by atoms with E-state index < -0.39 is 21.4 Å². The molecule has 9 nitrogen and oxygen atoms in total. The van der Waals surface area contributed by atoms with Crippen molar-refractivity contribution in [1.82, 2.24) is 24.3 Å². The average Bonchev–Trinajstić information content (AvgIpc) is 3.60. The smallest absolute Gasteiger partial charge is 0.254 e. The molecule has 0 unspecified atom stereocenters. The Balaban J connectivity index is 1.39. The average molecular weight is 628 g/mol. The van der Waals surface area contributed by atoms with Crippen LogP contribution in [0.4, 0.5) is 4.39 Å². The van der Waals surface area contributed by atoms with Crippen molar-refractivity contribution >= 4 is 26.8 Å². The first-order valence-corrected chi connectivity index (χ1v) is 17.5. The highest BCUT2D eigenvalue weighted by Gasteiger charge is 2.38. The number of aryl methyl sites for hydroxylation is 1. The highest BCUT2D eigenvalue weighted by atomic mass is 32.2. The van der Waals surface area contributed by atoms with E-state index in [0.717, 1.165) is 41.5 Å².